The molecule has 7 nitrogen and oxygen atoms in total. The maximum Gasteiger partial charge on any atom is 0.213 e. The number of carbonyl (C=O) groups is 1. The average Bonchev–Trinajstić information content (AvgIpc) is 3.11. The van der Waals surface area contributed by atoms with E-state index in [0.29, 0.717) is 24.5 Å². The Bertz CT molecular complexity index is 926. The third kappa shape index (κ3) is 4.16. The second-order valence-electron chi connectivity index (χ2n) is 6.16. The topological polar surface area (TPSA) is 85.6 Å². The molecule has 0 aliphatic rings. The lowest BCUT2D eigenvalue weighted by Gasteiger charge is -2.18. The van der Waals surface area contributed by atoms with Crippen molar-refractivity contribution >= 4 is 6.41 Å². The Morgan fingerprint density at radius 1 is 1.30 bits per heavy atom. The van der Waals surface area contributed by atoms with Gasteiger partial charge in [-0.05, 0) is 31.0 Å². The monoisotopic (exact) mass is 368 g/mol. The van der Waals surface area contributed by atoms with Gasteiger partial charge in [-0.15, -0.1) is 0 Å². The highest BCUT2D eigenvalue weighted by atomic mass is 19.1. The van der Waals surface area contributed by atoms with Gasteiger partial charge in [-0.2, -0.15) is 4.39 Å². The Labute approximate surface area is 156 Å². The van der Waals surface area contributed by atoms with Crippen molar-refractivity contribution in [1.29, 1.82) is 0 Å². The Hall–Kier alpha value is -3.16. The van der Waals surface area contributed by atoms with Crippen molar-refractivity contribution in [2.45, 2.75) is 39.3 Å². The summed E-state index contributed by atoms with van der Waals surface area (Å²) in [5.41, 5.74) is 3.12. The SMILES string of the molecule is CCCc1c(Cn2ccnc2-c2cccc(F)n2)ncnc1C(C)NC=O. The summed E-state index contributed by atoms with van der Waals surface area (Å²) in [4.78, 5) is 27.9. The van der Waals surface area contributed by atoms with Gasteiger partial charge in [0.1, 0.15) is 12.0 Å². The van der Waals surface area contributed by atoms with Gasteiger partial charge in [0.05, 0.1) is 24.0 Å². The number of hydrogen-bond donors (Lipinski definition) is 1. The van der Waals surface area contributed by atoms with E-state index < -0.39 is 5.95 Å². The van der Waals surface area contributed by atoms with Gasteiger partial charge in [0, 0.05) is 12.4 Å². The zero-order valence-electron chi connectivity index (χ0n) is 15.3. The van der Waals surface area contributed by atoms with Crippen LogP contribution in [0.1, 0.15) is 43.3 Å². The number of amides is 1. The number of halogens is 1. The van der Waals surface area contributed by atoms with E-state index in [1.807, 2.05) is 17.7 Å². The summed E-state index contributed by atoms with van der Waals surface area (Å²) in [6, 6.07) is 4.41. The fraction of sp³-hybridized carbons (Fsp3) is 0.316. The number of nitrogens with one attached hydrogen (secondary N) is 1. The largest absolute Gasteiger partial charge is 0.351 e. The molecule has 0 radical (unpaired) electrons. The second kappa shape index (κ2) is 8.48. The zero-order chi connectivity index (χ0) is 19.2. The summed E-state index contributed by atoms with van der Waals surface area (Å²) < 4.78 is 15.4. The first kappa shape index (κ1) is 18.6. The normalized spacial score (nSPS) is 12.0. The lowest BCUT2D eigenvalue weighted by Crippen LogP contribution is -2.21. The van der Waals surface area contributed by atoms with Gasteiger partial charge >= 0.3 is 0 Å². The molecule has 0 saturated carbocycles. The lowest BCUT2D eigenvalue weighted by molar-refractivity contribution is -0.110. The van der Waals surface area contributed by atoms with E-state index in [-0.39, 0.29) is 6.04 Å². The Kier molecular flexibility index (Phi) is 5.85. The van der Waals surface area contributed by atoms with Crippen LogP contribution in [-0.4, -0.2) is 30.9 Å². The molecule has 0 spiro atoms. The highest BCUT2D eigenvalue weighted by Crippen LogP contribution is 2.22. The fourth-order valence-electron chi connectivity index (χ4n) is 3.04. The summed E-state index contributed by atoms with van der Waals surface area (Å²) in [7, 11) is 0. The van der Waals surface area contributed by atoms with Crippen LogP contribution >= 0.6 is 0 Å². The van der Waals surface area contributed by atoms with Crippen LogP contribution in [0.5, 0.6) is 0 Å². The Morgan fingerprint density at radius 2 is 2.15 bits per heavy atom. The molecule has 8 heteroatoms. The van der Waals surface area contributed by atoms with Gasteiger partial charge in [0.15, 0.2) is 5.82 Å². The molecule has 0 aromatic carbocycles. The van der Waals surface area contributed by atoms with Crippen molar-refractivity contribution < 1.29 is 9.18 Å². The molecule has 3 heterocycles. The molecule has 1 atom stereocenters. The molecule has 0 aliphatic heterocycles. The third-order valence-electron chi connectivity index (χ3n) is 4.28. The van der Waals surface area contributed by atoms with Crippen LogP contribution in [0.2, 0.25) is 0 Å². The minimum Gasteiger partial charge on any atom is -0.351 e. The van der Waals surface area contributed by atoms with Gasteiger partial charge in [-0.1, -0.05) is 19.4 Å². The van der Waals surface area contributed by atoms with E-state index >= 15 is 0 Å². The molecule has 0 bridgehead atoms. The number of imidazole rings is 1. The van der Waals surface area contributed by atoms with Crippen molar-refractivity contribution in [2.75, 3.05) is 0 Å². The highest BCUT2D eigenvalue weighted by Gasteiger charge is 2.17. The van der Waals surface area contributed by atoms with E-state index in [9.17, 15) is 9.18 Å². The van der Waals surface area contributed by atoms with Crippen LogP contribution in [0.3, 0.4) is 0 Å². The van der Waals surface area contributed by atoms with Crippen LogP contribution in [0, 0.1) is 5.95 Å². The van der Waals surface area contributed by atoms with E-state index in [2.05, 4.69) is 32.2 Å². The number of rotatable bonds is 8. The van der Waals surface area contributed by atoms with Crippen LogP contribution in [-0.2, 0) is 17.8 Å². The maximum atomic E-state index is 13.5. The number of nitrogens with zero attached hydrogens (tertiary/aromatic N) is 5. The maximum absolute atomic E-state index is 13.5. The van der Waals surface area contributed by atoms with Crippen molar-refractivity contribution in [3.8, 4) is 11.5 Å². The number of carbonyl (C=O) groups excluding carboxylic acids is 1. The van der Waals surface area contributed by atoms with Gasteiger partial charge in [-0.3, -0.25) is 4.79 Å². The molecular weight excluding hydrogens is 347 g/mol. The molecule has 140 valence electrons. The van der Waals surface area contributed by atoms with Crippen molar-refractivity contribution in [1.82, 2.24) is 29.8 Å². The van der Waals surface area contributed by atoms with Crippen LogP contribution in [0.4, 0.5) is 4.39 Å². The van der Waals surface area contributed by atoms with E-state index in [4.69, 9.17) is 0 Å². The number of aromatic nitrogens is 5. The van der Waals surface area contributed by atoms with Crippen LogP contribution < -0.4 is 5.32 Å². The molecule has 0 aliphatic carbocycles. The zero-order valence-corrected chi connectivity index (χ0v) is 15.3. The molecule has 3 aromatic rings. The number of hydrogen-bond acceptors (Lipinski definition) is 5. The van der Waals surface area contributed by atoms with Gasteiger partial charge < -0.3 is 9.88 Å². The molecule has 1 unspecified atom stereocenters. The molecule has 1 N–H and O–H groups in total. The van der Waals surface area contributed by atoms with Crippen molar-refractivity contribution in [2.24, 2.45) is 0 Å². The minimum atomic E-state index is -0.549. The van der Waals surface area contributed by atoms with Crippen LogP contribution in [0.15, 0.2) is 36.9 Å². The molecule has 0 fully saturated rings. The van der Waals surface area contributed by atoms with Gasteiger partial charge in [0.2, 0.25) is 12.4 Å². The fourth-order valence-corrected chi connectivity index (χ4v) is 3.04. The molecule has 3 aromatic heterocycles. The smallest absolute Gasteiger partial charge is 0.213 e. The molecule has 1 amide bonds. The highest BCUT2D eigenvalue weighted by molar-refractivity contribution is 5.50. The summed E-state index contributed by atoms with van der Waals surface area (Å²) in [6.07, 6.45) is 7.35. The van der Waals surface area contributed by atoms with Crippen molar-refractivity contribution in [3.05, 3.63) is 59.8 Å². The summed E-state index contributed by atoms with van der Waals surface area (Å²) >= 11 is 0. The molecular formula is C19H21FN6O. The molecule has 27 heavy (non-hydrogen) atoms. The average molecular weight is 368 g/mol. The first-order valence-corrected chi connectivity index (χ1v) is 8.80. The summed E-state index contributed by atoms with van der Waals surface area (Å²) in [5.74, 6) is 0.0167. The van der Waals surface area contributed by atoms with E-state index in [0.717, 1.165) is 29.8 Å². The van der Waals surface area contributed by atoms with E-state index in [1.165, 1.54) is 12.4 Å². The predicted molar refractivity (Wildman–Crippen MR) is 98.2 cm³/mol. The molecule has 0 saturated heterocycles. The first-order chi connectivity index (χ1) is 13.1. The predicted octanol–water partition coefficient (Wildman–Crippen LogP) is 2.68. The van der Waals surface area contributed by atoms with Gasteiger partial charge in [-0.25, -0.2) is 19.9 Å². The first-order valence-electron chi connectivity index (χ1n) is 8.80. The van der Waals surface area contributed by atoms with Crippen molar-refractivity contribution in [3.63, 3.8) is 0 Å². The minimum absolute atomic E-state index is 0.210. The lowest BCUT2D eigenvalue weighted by atomic mass is 10.0. The standard InChI is InChI=1S/C19H21FN6O/c1-3-5-14-16(22-11-23-18(14)13(2)24-12-27)10-26-9-8-21-19(26)15-6-4-7-17(20)25-15/h4,6-9,11-13H,3,5,10H2,1-2H3,(H,24,27). The Balaban J connectivity index is 1.98. The third-order valence-corrected chi connectivity index (χ3v) is 4.28. The summed E-state index contributed by atoms with van der Waals surface area (Å²) in [6.45, 7) is 4.42. The van der Waals surface area contributed by atoms with Crippen LogP contribution in [0.25, 0.3) is 11.5 Å². The van der Waals surface area contributed by atoms with E-state index in [1.54, 1.807) is 18.3 Å². The van der Waals surface area contributed by atoms with Gasteiger partial charge in [0.25, 0.3) is 0 Å². The Morgan fingerprint density at radius 3 is 2.89 bits per heavy atom. The quantitative estimate of drug-likeness (QED) is 0.488. The summed E-state index contributed by atoms with van der Waals surface area (Å²) in [5, 5.41) is 2.75. The second-order valence-corrected chi connectivity index (χ2v) is 6.16. The number of pyridine rings is 1. The molecule has 3 rings (SSSR count).